The lowest BCUT2D eigenvalue weighted by molar-refractivity contribution is 0.0752. The minimum Gasteiger partial charge on any atom is -0.377 e. The predicted molar refractivity (Wildman–Crippen MR) is 55.9 cm³/mol. The summed E-state index contributed by atoms with van der Waals surface area (Å²) in [4.78, 5) is 0. The Kier molecular flexibility index (Phi) is 4.37. The summed E-state index contributed by atoms with van der Waals surface area (Å²) in [6.45, 7) is 6.71. The molecule has 1 aliphatic carbocycles. The Morgan fingerprint density at radius 1 is 1.57 bits per heavy atom. The lowest BCUT2D eigenvalue weighted by Crippen LogP contribution is -2.31. The summed E-state index contributed by atoms with van der Waals surface area (Å²) in [6.07, 6.45) is 3.38. The average molecular weight is 196 g/mol. The summed E-state index contributed by atoms with van der Waals surface area (Å²) in [5.41, 5.74) is 0.306. The maximum atomic E-state index is 8.63. The third-order valence-electron chi connectivity index (χ3n) is 2.79. The van der Waals surface area contributed by atoms with Crippen molar-refractivity contribution in [2.45, 2.75) is 39.2 Å². The molecule has 0 amide bonds. The van der Waals surface area contributed by atoms with Gasteiger partial charge in [-0.05, 0) is 32.1 Å². The fourth-order valence-corrected chi connectivity index (χ4v) is 1.64. The first-order chi connectivity index (χ1) is 6.72. The fraction of sp³-hybridized carbons (Fsp3) is 0.909. The van der Waals surface area contributed by atoms with Crippen LogP contribution in [0, 0.1) is 16.7 Å². The second-order valence-electron chi connectivity index (χ2n) is 4.23. The third kappa shape index (κ3) is 3.65. The van der Waals surface area contributed by atoms with Crippen LogP contribution in [0.4, 0.5) is 0 Å². The monoisotopic (exact) mass is 196 g/mol. The summed E-state index contributed by atoms with van der Waals surface area (Å²) in [6, 6.07) is 2.26. The molecule has 1 aliphatic rings. The standard InChI is InChI=1S/C11H20N2O/c1-3-14-10(2)8-13-9-11(4-5-11)6-7-12/h10,13H,3-6,8-9H2,1-2H3. The van der Waals surface area contributed by atoms with Gasteiger partial charge in [0, 0.05) is 26.1 Å². The molecule has 0 bridgehead atoms. The van der Waals surface area contributed by atoms with Crippen LogP contribution in [0.15, 0.2) is 0 Å². The highest BCUT2D eigenvalue weighted by Gasteiger charge is 2.41. The Labute approximate surface area is 86.4 Å². The number of rotatable bonds is 7. The maximum Gasteiger partial charge on any atom is 0.0671 e. The molecule has 1 saturated carbocycles. The first-order valence-electron chi connectivity index (χ1n) is 5.42. The lowest BCUT2D eigenvalue weighted by atomic mass is 10.0. The summed E-state index contributed by atoms with van der Waals surface area (Å²) in [7, 11) is 0. The predicted octanol–water partition coefficient (Wildman–Crippen LogP) is 1.69. The van der Waals surface area contributed by atoms with E-state index >= 15 is 0 Å². The van der Waals surface area contributed by atoms with E-state index in [2.05, 4.69) is 18.3 Å². The molecule has 0 spiro atoms. The SMILES string of the molecule is CCOC(C)CNCC1(CC#N)CC1. The Bertz CT molecular complexity index is 206. The summed E-state index contributed by atoms with van der Waals surface area (Å²) in [5.74, 6) is 0. The van der Waals surface area contributed by atoms with Crippen LogP contribution in [0.5, 0.6) is 0 Å². The smallest absolute Gasteiger partial charge is 0.0671 e. The number of nitrogens with zero attached hydrogens (tertiary/aromatic N) is 1. The van der Waals surface area contributed by atoms with Crippen molar-refractivity contribution in [2.24, 2.45) is 5.41 Å². The van der Waals surface area contributed by atoms with Crippen LogP contribution in [0.25, 0.3) is 0 Å². The molecule has 0 saturated heterocycles. The molecular formula is C11H20N2O. The fourth-order valence-electron chi connectivity index (χ4n) is 1.64. The molecule has 80 valence electrons. The number of hydrogen-bond donors (Lipinski definition) is 1. The van der Waals surface area contributed by atoms with E-state index in [1.165, 1.54) is 12.8 Å². The second kappa shape index (κ2) is 5.33. The first kappa shape index (κ1) is 11.5. The highest BCUT2D eigenvalue weighted by molar-refractivity contribution is 5.00. The van der Waals surface area contributed by atoms with Crippen molar-refractivity contribution in [1.82, 2.24) is 5.32 Å². The lowest BCUT2D eigenvalue weighted by Gasteiger charge is -2.16. The first-order valence-corrected chi connectivity index (χ1v) is 5.42. The third-order valence-corrected chi connectivity index (χ3v) is 2.79. The highest BCUT2D eigenvalue weighted by Crippen LogP contribution is 2.47. The molecule has 1 unspecified atom stereocenters. The quantitative estimate of drug-likeness (QED) is 0.674. The van der Waals surface area contributed by atoms with Crippen molar-refractivity contribution in [3.63, 3.8) is 0 Å². The van der Waals surface area contributed by atoms with E-state index in [1.54, 1.807) is 0 Å². The zero-order valence-corrected chi connectivity index (χ0v) is 9.18. The van der Waals surface area contributed by atoms with Crippen LogP contribution in [0.2, 0.25) is 0 Å². The van der Waals surface area contributed by atoms with Gasteiger partial charge in [0.05, 0.1) is 12.2 Å². The van der Waals surface area contributed by atoms with Gasteiger partial charge in [-0.1, -0.05) is 0 Å². The van der Waals surface area contributed by atoms with Crippen molar-refractivity contribution in [1.29, 1.82) is 5.26 Å². The highest BCUT2D eigenvalue weighted by atomic mass is 16.5. The van der Waals surface area contributed by atoms with Gasteiger partial charge in [-0.15, -0.1) is 0 Å². The number of nitriles is 1. The van der Waals surface area contributed by atoms with E-state index in [1.807, 2.05) is 6.92 Å². The molecule has 0 aliphatic heterocycles. The molecule has 1 fully saturated rings. The molecule has 1 N–H and O–H groups in total. The van der Waals surface area contributed by atoms with Gasteiger partial charge in [-0.25, -0.2) is 0 Å². The van der Waals surface area contributed by atoms with Crippen LogP contribution >= 0.6 is 0 Å². The Morgan fingerprint density at radius 3 is 2.79 bits per heavy atom. The number of hydrogen-bond acceptors (Lipinski definition) is 3. The van der Waals surface area contributed by atoms with E-state index in [0.717, 1.165) is 19.7 Å². The summed E-state index contributed by atoms with van der Waals surface area (Å²) in [5, 5.41) is 12.0. The zero-order valence-electron chi connectivity index (χ0n) is 9.18. The van der Waals surface area contributed by atoms with Crippen LogP contribution < -0.4 is 5.32 Å². The van der Waals surface area contributed by atoms with Gasteiger partial charge in [0.15, 0.2) is 0 Å². The van der Waals surface area contributed by atoms with Crippen LogP contribution in [-0.4, -0.2) is 25.8 Å². The molecular weight excluding hydrogens is 176 g/mol. The van der Waals surface area contributed by atoms with Gasteiger partial charge in [0.25, 0.3) is 0 Å². The van der Waals surface area contributed by atoms with Crippen LogP contribution in [-0.2, 0) is 4.74 Å². The van der Waals surface area contributed by atoms with Crippen molar-refractivity contribution < 1.29 is 4.74 Å². The molecule has 0 aromatic heterocycles. The molecule has 0 heterocycles. The van der Waals surface area contributed by atoms with Gasteiger partial charge in [0.1, 0.15) is 0 Å². The molecule has 0 radical (unpaired) electrons. The Balaban J connectivity index is 2.07. The van der Waals surface area contributed by atoms with Crippen molar-refractivity contribution in [3.05, 3.63) is 0 Å². The van der Waals surface area contributed by atoms with Gasteiger partial charge >= 0.3 is 0 Å². The van der Waals surface area contributed by atoms with Crippen LogP contribution in [0.1, 0.15) is 33.1 Å². The molecule has 14 heavy (non-hydrogen) atoms. The maximum absolute atomic E-state index is 8.63. The molecule has 3 heteroatoms. The normalized spacial score (nSPS) is 20.1. The largest absolute Gasteiger partial charge is 0.377 e. The minimum absolute atomic E-state index is 0.276. The van der Waals surface area contributed by atoms with Gasteiger partial charge in [0.2, 0.25) is 0 Å². The van der Waals surface area contributed by atoms with Crippen molar-refractivity contribution in [2.75, 3.05) is 19.7 Å². The van der Waals surface area contributed by atoms with Gasteiger partial charge in [-0.2, -0.15) is 5.26 Å². The van der Waals surface area contributed by atoms with E-state index in [4.69, 9.17) is 10.00 Å². The van der Waals surface area contributed by atoms with E-state index in [0.29, 0.717) is 11.8 Å². The van der Waals surface area contributed by atoms with Crippen LogP contribution in [0.3, 0.4) is 0 Å². The van der Waals surface area contributed by atoms with E-state index < -0.39 is 0 Å². The molecule has 3 nitrogen and oxygen atoms in total. The Morgan fingerprint density at radius 2 is 2.29 bits per heavy atom. The topological polar surface area (TPSA) is 45.0 Å². The molecule has 1 rings (SSSR count). The minimum atomic E-state index is 0.276. The Hall–Kier alpha value is -0.590. The van der Waals surface area contributed by atoms with Gasteiger partial charge < -0.3 is 10.1 Å². The number of ether oxygens (including phenoxy) is 1. The van der Waals surface area contributed by atoms with Crippen molar-refractivity contribution in [3.8, 4) is 6.07 Å². The summed E-state index contributed by atoms with van der Waals surface area (Å²) >= 11 is 0. The zero-order chi connectivity index (χ0) is 10.4. The van der Waals surface area contributed by atoms with E-state index in [-0.39, 0.29) is 6.10 Å². The molecule has 1 atom stereocenters. The van der Waals surface area contributed by atoms with E-state index in [9.17, 15) is 0 Å². The molecule has 0 aromatic rings. The molecule has 0 aromatic carbocycles. The number of nitrogens with one attached hydrogen (secondary N) is 1. The summed E-state index contributed by atoms with van der Waals surface area (Å²) < 4.78 is 5.41. The van der Waals surface area contributed by atoms with Crippen molar-refractivity contribution >= 4 is 0 Å². The average Bonchev–Trinajstić information content (AvgIpc) is 2.86. The van der Waals surface area contributed by atoms with Gasteiger partial charge in [-0.3, -0.25) is 0 Å². The second-order valence-corrected chi connectivity index (χ2v) is 4.23.